The summed E-state index contributed by atoms with van der Waals surface area (Å²) >= 11 is 2.55. The molecule has 1 saturated carbocycles. The summed E-state index contributed by atoms with van der Waals surface area (Å²) in [4.78, 5) is 41.5. The van der Waals surface area contributed by atoms with Gasteiger partial charge in [0.2, 0.25) is 5.16 Å². The van der Waals surface area contributed by atoms with Crippen molar-refractivity contribution < 1.29 is 19.5 Å². The van der Waals surface area contributed by atoms with Crippen LogP contribution < -0.4 is 10.6 Å². The number of carbonyl (C=O) groups excluding carboxylic acids is 2. The number of hydrogen-bond acceptors (Lipinski definition) is 9. The highest BCUT2D eigenvalue weighted by atomic mass is 32.2. The van der Waals surface area contributed by atoms with Crippen LogP contribution in [-0.2, 0) is 17.1 Å². The molecule has 1 aliphatic carbocycles. The van der Waals surface area contributed by atoms with E-state index in [1.807, 2.05) is 19.1 Å². The second kappa shape index (κ2) is 10.7. The third-order valence-electron chi connectivity index (χ3n) is 5.32. The Morgan fingerprint density at radius 3 is 2.79 bits per heavy atom. The molecule has 1 fully saturated rings. The molecule has 0 saturated heterocycles. The predicted octanol–water partition coefficient (Wildman–Crippen LogP) is 3.83. The molecule has 13 heteroatoms. The first kappa shape index (κ1) is 23.8. The van der Waals surface area contributed by atoms with Crippen LogP contribution in [0.3, 0.4) is 0 Å². The number of ketones is 1. The molecule has 4 rings (SSSR count). The Bertz CT molecular complexity index is 1200. The number of amides is 2. The number of hydrogen-bond donors (Lipinski definition) is 3. The Morgan fingerprint density at radius 1 is 1.24 bits per heavy atom. The lowest BCUT2D eigenvalue weighted by Crippen LogP contribution is -2.22. The number of aromatic nitrogens is 5. The summed E-state index contributed by atoms with van der Waals surface area (Å²) in [6.07, 6.45) is 5.52. The number of Topliss-reactive ketones (excluding diaryl/α,β-unsaturated/α-hetero) is 1. The van der Waals surface area contributed by atoms with Crippen LogP contribution in [0.1, 0.15) is 46.5 Å². The third kappa shape index (κ3) is 5.97. The van der Waals surface area contributed by atoms with Crippen LogP contribution in [-0.4, -0.2) is 48.1 Å². The van der Waals surface area contributed by atoms with Crippen LogP contribution in [0.2, 0.25) is 0 Å². The fraction of sp³-hybridized carbons (Fsp3) is 0.381. The van der Waals surface area contributed by atoms with Crippen LogP contribution in [0.4, 0.5) is 15.6 Å². The molecule has 0 unspecified atom stereocenters. The van der Waals surface area contributed by atoms with Gasteiger partial charge in [-0.1, -0.05) is 36.2 Å². The van der Waals surface area contributed by atoms with E-state index in [1.54, 1.807) is 12.3 Å². The molecule has 0 spiro atoms. The van der Waals surface area contributed by atoms with Crippen molar-refractivity contribution in [3.05, 3.63) is 40.4 Å². The Hall–Kier alpha value is -3.32. The maximum Gasteiger partial charge on any atom is 0.325 e. The number of thioether (sulfide) groups is 1. The van der Waals surface area contributed by atoms with E-state index in [2.05, 4.69) is 31.1 Å². The Labute approximate surface area is 203 Å². The lowest BCUT2D eigenvalue weighted by Gasteiger charge is -2.14. The Morgan fingerprint density at radius 2 is 2.03 bits per heavy atom. The van der Waals surface area contributed by atoms with E-state index in [0.29, 0.717) is 27.3 Å². The molecular weight excluding hydrogens is 478 g/mol. The minimum Gasteiger partial charge on any atom is -0.480 e. The highest BCUT2D eigenvalue weighted by molar-refractivity contribution is 7.98. The second-order valence-corrected chi connectivity index (χ2v) is 9.96. The van der Waals surface area contributed by atoms with Gasteiger partial charge in [-0.25, -0.2) is 14.5 Å². The summed E-state index contributed by atoms with van der Waals surface area (Å²) in [5, 5.41) is 26.1. The van der Waals surface area contributed by atoms with Gasteiger partial charge in [-0.3, -0.25) is 14.9 Å². The molecule has 0 atom stereocenters. The number of thiazole rings is 1. The number of rotatable bonds is 9. The number of carboxylic acids is 1. The van der Waals surface area contributed by atoms with Crippen molar-refractivity contribution in [1.82, 2.24) is 25.2 Å². The molecule has 2 heterocycles. The fourth-order valence-corrected chi connectivity index (χ4v) is 5.43. The minimum atomic E-state index is -1.04. The molecule has 1 aliphatic rings. The minimum absolute atomic E-state index is 0.0147. The summed E-state index contributed by atoms with van der Waals surface area (Å²) in [5.41, 5.74) is 1.98. The fourth-order valence-electron chi connectivity index (χ4n) is 3.72. The standard InChI is InChI=1S/C21H23N7O4S2/c1-12-6-7-16(15(8-12)18(31)13-4-2-3-5-13)23-19(32)24-20-22-9-14(34-20)11-33-21-25-26-27-28(21)10-17(29)30/h6-9,13H,2-5,10-11H2,1H3,(H,29,30)(H2,22,23,24,32). The van der Waals surface area contributed by atoms with E-state index in [1.165, 1.54) is 27.8 Å². The number of carbonyl (C=O) groups is 3. The number of urea groups is 1. The number of carboxylic acid groups (broad SMARTS) is 1. The maximum atomic E-state index is 13.0. The number of aryl methyl sites for hydroxylation is 1. The summed E-state index contributed by atoms with van der Waals surface area (Å²) in [6.45, 7) is 1.60. The van der Waals surface area contributed by atoms with Gasteiger partial charge < -0.3 is 10.4 Å². The van der Waals surface area contributed by atoms with Gasteiger partial charge in [0.25, 0.3) is 0 Å². The van der Waals surface area contributed by atoms with E-state index < -0.39 is 12.0 Å². The zero-order chi connectivity index (χ0) is 24.1. The molecule has 2 amide bonds. The van der Waals surface area contributed by atoms with Crippen molar-refractivity contribution in [2.24, 2.45) is 5.92 Å². The zero-order valence-corrected chi connectivity index (χ0v) is 20.0. The maximum absolute atomic E-state index is 13.0. The van der Waals surface area contributed by atoms with Crippen LogP contribution in [0.25, 0.3) is 0 Å². The molecule has 2 aromatic heterocycles. The molecule has 11 nitrogen and oxygen atoms in total. The molecule has 0 bridgehead atoms. The van der Waals surface area contributed by atoms with E-state index >= 15 is 0 Å². The number of nitrogens with one attached hydrogen (secondary N) is 2. The largest absolute Gasteiger partial charge is 0.480 e. The van der Waals surface area contributed by atoms with Gasteiger partial charge >= 0.3 is 12.0 Å². The quantitative estimate of drug-likeness (QED) is 0.293. The molecule has 34 heavy (non-hydrogen) atoms. The van der Waals surface area contributed by atoms with Gasteiger partial charge in [0.05, 0.1) is 5.69 Å². The van der Waals surface area contributed by atoms with Crippen molar-refractivity contribution in [3.8, 4) is 0 Å². The lowest BCUT2D eigenvalue weighted by atomic mass is 9.94. The van der Waals surface area contributed by atoms with Gasteiger partial charge in [0, 0.05) is 28.3 Å². The lowest BCUT2D eigenvalue weighted by molar-refractivity contribution is -0.138. The number of benzene rings is 1. The van der Waals surface area contributed by atoms with Crippen LogP contribution in [0, 0.1) is 12.8 Å². The summed E-state index contributed by atoms with van der Waals surface area (Å²) in [7, 11) is 0. The normalized spacial score (nSPS) is 13.7. The van der Waals surface area contributed by atoms with Gasteiger partial charge in [-0.15, -0.1) is 16.4 Å². The van der Waals surface area contributed by atoms with Gasteiger partial charge in [-0.2, -0.15) is 0 Å². The monoisotopic (exact) mass is 501 g/mol. The second-order valence-electron chi connectivity index (χ2n) is 7.91. The average molecular weight is 502 g/mol. The van der Waals surface area contributed by atoms with Crippen molar-refractivity contribution in [1.29, 1.82) is 0 Å². The molecular formula is C21H23N7O4S2. The summed E-state index contributed by atoms with van der Waals surface area (Å²) in [6, 6.07) is 4.95. The van der Waals surface area contributed by atoms with Gasteiger partial charge in [0.15, 0.2) is 10.9 Å². The van der Waals surface area contributed by atoms with Crippen LogP contribution >= 0.6 is 23.1 Å². The number of nitrogens with zero attached hydrogens (tertiary/aromatic N) is 5. The van der Waals surface area contributed by atoms with E-state index in [9.17, 15) is 14.4 Å². The number of aliphatic carboxylic acids is 1. The van der Waals surface area contributed by atoms with E-state index in [0.717, 1.165) is 36.1 Å². The molecule has 0 radical (unpaired) electrons. The summed E-state index contributed by atoms with van der Waals surface area (Å²) < 4.78 is 1.20. The number of tetrazole rings is 1. The smallest absolute Gasteiger partial charge is 0.325 e. The molecule has 1 aromatic carbocycles. The summed E-state index contributed by atoms with van der Waals surface area (Å²) in [5.74, 6) is -0.485. The van der Waals surface area contributed by atoms with Gasteiger partial charge in [-0.05, 0) is 42.3 Å². The molecule has 0 aliphatic heterocycles. The van der Waals surface area contributed by atoms with Crippen LogP contribution in [0.5, 0.6) is 0 Å². The Kier molecular flexibility index (Phi) is 7.53. The van der Waals surface area contributed by atoms with Crippen molar-refractivity contribution in [2.45, 2.75) is 50.1 Å². The van der Waals surface area contributed by atoms with E-state index in [4.69, 9.17) is 5.11 Å². The van der Waals surface area contributed by atoms with Gasteiger partial charge in [0.1, 0.15) is 6.54 Å². The SMILES string of the molecule is Cc1ccc(NC(=O)Nc2ncc(CSc3nnnn3CC(=O)O)s2)c(C(=O)C2CCCC2)c1. The van der Waals surface area contributed by atoms with Crippen LogP contribution in [0.15, 0.2) is 29.6 Å². The first-order valence-corrected chi connectivity index (χ1v) is 12.5. The first-order valence-electron chi connectivity index (χ1n) is 10.7. The first-order chi connectivity index (χ1) is 16.4. The van der Waals surface area contributed by atoms with Crippen molar-refractivity contribution in [2.75, 3.05) is 10.6 Å². The predicted molar refractivity (Wildman–Crippen MR) is 127 cm³/mol. The average Bonchev–Trinajstić information content (AvgIpc) is 3.55. The van der Waals surface area contributed by atoms with Crippen molar-refractivity contribution >= 4 is 51.7 Å². The highest BCUT2D eigenvalue weighted by Gasteiger charge is 2.26. The van der Waals surface area contributed by atoms with Crippen molar-refractivity contribution in [3.63, 3.8) is 0 Å². The highest BCUT2D eigenvalue weighted by Crippen LogP contribution is 2.31. The Balaban J connectivity index is 1.36. The van der Waals surface area contributed by atoms with E-state index in [-0.39, 0.29) is 18.2 Å². The zero-order valence-electron chi connectivity index (χ0n) is 18.4. The topological polar surface area (TPSA) is 152 Å². The molecule has 3 N–H and O–H groups in total. The third-order valence-corrected chi connectivity index (χ3v) is 7.42. The molecule has 3 aromatic rings. The number of anilines is 2. The molecule has 178 valence electrons.